The van der Waals surface area contributed by atoms with Crippen molar-refractivity contribution >= 4 is 28.6 Å². The summed E-state index contributed by atoms with van der Waals surface area (Å²) in [6.07, 6.45) is 2.30. The molecule has 0 spiro atoms. The number of fused-ring (bicyclic) bond motifs is 1. The van der Waals surface area contributed by atoms with Crippen molar-refractivity contribution in [2.45, 2.75) is 33.4 Å². The number of halogens is 1. The van der Waals surface area contributed by atoms with E-state index >= 15 is 4.39 Å². The lowest BCUT2D eigenvalue weighted by Crippen LogP contribution is -2.11. The lowest BCUT2D eigenvalue weighted by Gasteiger charge is -2.13. The molecule has 0 saturated carbocycles. The number of hydrogen-bond acceptors (Lipinski definition) is 5. The van der Waals surface area contributed by atoms with Gasteiger partial charge in [0.15, 0.2) is 0 Å². The molecule has 4 rings (SSSR count). The van der Waals surface area contributed by atoms with Crippen LogP contribution >= 0.6 is 0 Å². The monoisotopic (exact) mass is 514 g/mol. The summed E-state index contributed by atoms with van der Waals surface area (Å²) >= 11 is 0. The number of H-pyrrole nitrogens is 1. The van der Waals surface area contributed by atoms with Crippen LogP contribution in [0.2, 0.25) is 0 Å². The van der Waals surface area contributed by atoms with Gasteiger partial charge in [-0.2, -0.15) is 0 Å². The highest BCUT2D eigenvalue weighted by atomic mass is 19.1. The summed E-state index contributed by atoms with van der Waals surface area (Å²) in [5.74, 6) is -1.42. The molecule has 38 heavy (non-hydrogen) atoms. The SMILES string of the molecule is C=CC(=O)Nc1cc(-c2c(-c3ccc(CN(C)C)cc3)[nH]c3ncc(C(=O)OC(C)C)cc23)cc(F)c1C. The Hall–Kier alpha value is -4.30. The van der Waals surface area contributed by atoms with E-state index < -0.39 is 17.7 Å². The number of pyridine rings is 1. The van der Waals surface area contributed by atoms with Crippen LogP contribution in [0.25, 0.3) is 33.4 Å². The maximum absolute atomic E-state index is 15.2. The first-order valence-electron chi connectivity index (χ1n) is 12.3. The van der Waals surface area contributed by atoms with Crippen LogP contribution in [0.1, 0.15) is 35.3 Å². The van der Waals surface area contributed by atoms with Crippen molar-refractivity contribution < 1.29 is 18.7 Å². The summed E-state index contributed by atoms with van der Waals surface area (Å²) in [6.45, 7) is 9.42. The zero-order valence-electron chi connectivity index (χ0n) is 22.2. The third-order valence-electron chi connectivity index (χ3n) is 6.05. The molecule has 0 aliphatic rings. The first kappa shape index (κ1) is 26.8. The molecule has 1 amide bonds. The normalized spacial score (nSPS) is 11.3. The van der Waals surface area contributed by atoms with Gasteiger partial charge in [0.1, 0.15) is 11.5 Å². The molecule has 0 bridgehead atoms. The van der Waals surface area contributed by atoms with E-state index in [9.17, 15) is 9.59 Å². The Morgan fingerprint density at radius 1 is 1.16 bits per heavy atom. The van der Waals surface area contributed by atoms with Gasteiger partial charge in [-0.1, -0.05) is 30.8 Å². The fourth-order valence-corrected chi connectivity index (χ4v) is 4.26. The summed E-state index contributed by atoms with van der Waals surface area (Å²) in [6, 6.07) is 12.9. The second kappa shape index (κ2) is 11.0. The van der Waals surface area contributed by atoms with Crippen LogP contribution in [0.3, 0.4) is 0 Å². The highest BCUT2D eigenvalue weighted by Gasteiger charge is 2.21. The highest BCUT2D eigenvalue weighted by Crippen LogP contribution is 2.40. The number of rotatable bonds is 8. The van der Waals surface area contributed by atoms with E-state index in [1.54, 1.807) is 32.9 Å². The van der Waals surface area contributed by atoms with Crippen molar-refractivity contribution in [3.63, 3.8) is 0 Å². The third kappa shape index (κ3) is 5.65. The Morgan fingerprint density at radius 3 is 2.50 bits per heavy atom. The van der Waals surface area contributed by atoms with E-state index in [0.29, 0.717) is 39.1 Å². The van der Waals surface area contributed by atoms with Crippen LogP contribution in [0.15, 0.2) is 61.3 Å². The number of carbonyl (C=O) groups excluding carboxylic acids is 2. The minimum Gasteiger partial charge on any atom is -0.459 e. The number of aromatic nitrogens is 2. The Kier molecular flexibility index (Phi) is 7.73. The van der Waals surface area contributed by atoms with E-state index in [2.05, 4.69) is 26.8 Å². The number of nitrogens with one attached hydrogen (secondary N) is 2. The molecule has 0 atom stereocenters. The van der Waals surface area contributed by atoms with E-state index in [1.165, 1.54) is 12.3 Å². The van der Waals surface area contributed by atoms with Gasteiger partial charge >= 0.3 is 5.97 Å². The number of anilines is 1. The van der Waals surface area contributed by atoms with Gasteiger partial charge in [0.25, 0.3) is 0 Å². The molecule has 7 nitrogen and oxygen atoms in total. The standard InChI is InChI=1S/C30H31FN4O3/c1-7-26(36)33-25-14-21(13-24(31)18(25)4)27-23-12-22(30(37)38-17(2)3)15-32-29(23)34-28(27)20-10-8-19(9-11-20)16-35(5)6/h7-15,17H,1,16H2,2-6H3,(H,32,34)(H,33,36). The molecular weight excluding hydrogens is 483 g/mol. The fraction of sp³-hybridized carbons (Fsp3) is 0.233. The minimum absolute atomic E-state index is 0.284. The van der Waals surface area contributed by atoms with Crippen LogP contribution in [-0.4, -0.2) is 46.9 Å². The van der Waals surface area contributed by atoms with E-state index in [-0.39, 0.29) is 11.7 Å². The number of amides is 1. The van der Waals surface area contributed by atoms with Gasteiger partial charge in [0.05, 0.1) is 17.4 Å². The van der Waals surface area contributed by atoms with Crippen molar-refractivity contribution in [2.24, 2.45) is 0 Å². The predicted octanol–water partition coefficient (Wildman–Crippen LogP) is 6.10. The number of hydrogen-bond donors (Lipinski definition) is 2. The van der Waals surface area contributed by atoms with E-state index in [4.69, 9.17) is 4.74 Å². The average Bonchev–Trinajstić information content (AvgIpc) is 3.25. The van der Waals surface area contributed by atoms with Crippen LogP contribution in [0.5, 0.6) is 0 Å². The molecule has 2 aromatic carbocycles. The number of aromatic amines is 1. The van der Waals surface area contributed by atoms with Crippen molar-refractivity contribution in [1.82, 2.24) is 14.9 Å². The van der Waals surface area contributed by atoms with Gasteiger partial charge in [-0.3, -0.25) is 4.79 Å². The summed E-state index contributed by atoms with van der Waals surface area (Å²) in [5.41, 5.74) is 5.34. The van der Waals surface area contributed by atoms with E-state index in [0.717, 1.165) is 23.7 Å². The van der Waals surface area contributed by atoms with Crippen LogP contribution in [0, 0.1) is 12.7 Å². The van der Waals surface area contributed by atoms with Crippen molar-refractivity contribution in [3.05, 3.63) is 83.8 Å². The summed E-state index contributed by atoms with van der Waals surface area (Å²) in [7, 11) is 4.01. The summed E-state index contributed by atoms with van der Waals surface area (Å²) in [5, 5.41) is 3.31. The fourth-order valence-electron chi connectivity index (χ4n) is 4.26. The largest absolute Gasteiger partial charge is 0.459 e. The Morgan fingerprint density at radius 2 is 1.87 bits per heavy atom. The molecule has 0 aliphatic carbocycles. The Balaban J connectivity index is 1.95. The smallest absolute Gasteiger partial charge is 0.339 e. The van der Waals surface area contributed by atoms with Crippen molar-refractivity contribution in [1.29, 1.82) is 0 Å². The maximum atomic E-state index is 15.2. The Bertz CT molecular complexity index is 1520. The van der Waals surface area contributed by atoms with Gasteiger partial charge in [-0.15, -0.1) is 0 Å². The molecule has 8 heteroatoms. The van der Waals surface area contributed by atoms with Crippen molar-refractivity contribution in [2.75, 3.05) is 19.4 Å². The lowest BCUT2D eigenvalue weighted by atomic mass is 9.96. The lowest BCUT2D eigenvalue weighted by molar-refractivity contribution is -0.111. The molecule has 0 aliphatic heterocycles. The minimum atomic E-state index is -0.495. The second-order valence-electron chi connectivity index (χ2n) is 9.71. The molecule has 0 fully saturated rings. The first-order valence-corrected chi connectivity index (χ1v) is 12.3. The number of ether oxygens (including phenoxy) is 1. The molecule has 2 aromatic heterocycles. The van der Waals surface area contributed by atoms with E-state index in [1.807, 2.05) is 38.4 Å². The molecular formula is C30H31FN4O3. The average molecular weight is 515 g/mol. The molecule has 0 radical (unpaired) electrons. The van der Waals surface area contributed by atoms with Gasteiger partial charge in [0, 0.05) is 34.9 Å². The van der Waals surface area contributed by atoms with Gasteiger partial charge in [-0.05, 0) is 75.8 Å². The number of carbonyl (C=O) groups is 2. The second-order valence-corrected chi connectivity index (χ2v) is 9.71. The van der Waals surface area contributed by atoms with Gasteiger partial charge in [0.2, 0.25) is 5.91 Å². The molecule has 196 valence electrons. The van der Waals surface area contributed by atoms with Crippen LogP contribution in [0.4, 0.5) is 10.1 Å². The summed E-state index contributed by atoms with van der Waals surface area (Å²) < 4.78 is 20.5. The van der Waals surface area contributed by atoms with Crippen LogP contribution < -0.4 is 5.32 Å². The maximum Gasteiger partial charge on any atom is 0.339 e. The Labute approximate surface area is 221 Å². The summed E-state index contributed by atoms with van der Waals surface area (Å²) in [4.78, 5) is 34.6. The molecule has 4 aromatic rings. The van der Waals surface area contributed by atoms with Crippen molar-refractivity contribution in [3.8, 4) is 22.4 Å². The zero-order valence-corrected chi connectivity index (χ0v) is 22.2. The predicted molar refractivity (Wildman–Crippen MR) is 148 cm³/mol. The zero-order chi connectivity index (χ0) is 27.6. The third-order valence-corrected chi connectivity index (χ3v) is 6.05. The number of benzene rings is 2. The molecule has 0 unspecified atom stereocenters. The van der Waals surface area contributed by atoms with Gasteiger partial charge in [-0.25, -0.2) is 14.2 Å². The quantitative estimate of drug-likeness (QED) is 0.219. The molecule has 2 N–H and O–H groups in total. The first-order chi connectivity index (χ1) is 18.1. The highest BCUT2D eigenvalue weighted by molar-refractivity contribution is 6.06. The van der Waals surface area contributed by atoms with Gasteiger partial charge < -0.3 is 19.9 Å². The van der Waals surface area contributed by atoms with Crippen LogP contribution in [-0.2, 0) is 16.1 Å². The molecule has 2 heterocycles. The number of esters is 1. The topological polar surface area (TPSA) is 87.3 Å². The number of nitrogens with zero attached hydrogens (tertiary/aromatic N) is 2. The molecule has 0 saturated heterocycles.